The zero-order chi connectivity index (χ0) is 15.7. The first kappa shape index (κ1) is 21.2. The fraction of sp³-hybridized carbons (Fsp3) is 0.588. The van der Waals surface area contributed by atoms with Crippen LogP contribution in [0, 0.1) is 0 Å². The molecule has 5 heteroatoms. The zero-order valence-corrected chi connectivity index (χ0v) is 16.5. The summed E-state index contributed by atoms with van der Waals surface area (Å²) in [6, 6.07) is 8.81. The molecule has 126 valence electrons. The molecule has 0 fully saturated rings. The fourth-order valence-corrected chi connectivity index (χ4v) is 2.00. The Morgan fingerprint density at radius 3 is 2.27 bits per heavy atom. The van der Waals surface area contributed by atoms with Gasteiger partial charge in [-0.25, -0.2) is 0 Å². The molecule has 0 unspecified atom stereocenters. The molecule has 0 aliphatic rings. The molecule has 1 aromatic rings. The molecule has 0 amide bonds. The average molecular weight is 419 g/mol. The highest BCUT2D eigenvalue weighted by molar-refractivity contribution is 14.0. The van der Waals surface area contributed by atoms with Crippen LogP contribution in [0.4, 0.5) is 0 Å². The minimum atomic E-state index is 0. The van der Waals surface area contributed by atoms with Gasteiger partial charge in [0.15, 0.2) is 5.96 Å². The third-order valence-corrected chi connectivity index (χ3v) is 3.24. The van der Waals surface area contributed by atoms with Gasteiger partial charge < -0.3 is 15.7 Å². The van der Waals surface area contributed by atoms with E-state index in [1.165, 1.54) is 11.1 Å². The van der Waals surface area contributed by atoms with Crippen LogP contribution in [0.25, 0.3) is 0 Å². The lowest BCUT2D eigenvalue weighted by Crippen LogP contribution is -2.38. The van der Waals surface area contributed by atoms with Crippen molar-refractivity contribution in [2.75, 3.05) is 26.2 Å². The highest BCUT2D eigenvalue weighted by Crippen LogP contribution is 2.22. The molecule has 4 nitrogen and oxygen atoms in total. The minimum Gasteiger partial charge on any atom is -0.394 e. The van der Waals surface area contributed by atoms with Crippen LogP contribution in [0.5, 0.6) is 0 Å². The molecule has 22 heavy (non-hydrogen) atoms. The highest BCUT2D eigenvalue weighted by atomic mass is 127. The molecule has 0 aromatic heterocycles. The fourth-order valence-electron chi connectivity index (χ4n) is 2.00. The molecule has 1 aromatic carbocycles. The van der Waals surface area contributed by atoms with Crippen LogP contribution in [-0.2, 0) is 11.8 Å². The second-order valence-electron chi connectivity index (χ2n) is 6.11. The van der Waals surface area contributed by atoms with Crippen LogP contribution in [0.2, 0.25) is 0 Å². The van der Waals surface area contributed by atoms with E-state index in [4.69, 9.17) is 5.11 Å². The van der Waals surface area contributed by atoms with E-state index in [0.29, 0.717) is 6.54 Å². The van der Waals surface area contributed by atoms with E-state index in [9.17, 15) is 0 Å². The number of aliphatic imine (C=N–C) groups is 1. The van der Waals surface area contributed by atoms with Crippen molar-refractivity contribution in [1.82, 2.24) is 10.6 Å². The van der Waals surface area contributed by atoms with E-state index in [0.717, 1.165) is 25.5 Å². The molecule has 0 atom stereocenters. The standard InChI is InChI=1S/C17H29N3O.HI/c1-5-18-16(20-12-13-21)19-11-10-14-6-8-15(9-7-14)17(2,3)4;/h6-9,21H,5,10-13H2,1-4H3,(H2,18,19,20);1H. The summed E-state index contributed by atoms with van der Waals surface area (Å²) in [7, 11) is 0. The van der Waals surface area contributed by atoms with Crippen molar-refractivity contribution in [3.05, 3.63) is 35.4 Å². The number of hydrogen-bond acceptors (Lipinski definition) is 2. The summed E-state index contributed by atoms with van der Waals surface area (Å²) in [5, 5.41) is 15.3. The monoisotopic (exact) mass is 419 g/mol. The van der Waals surface area contributed by atoms with Gasteiger partial charge in [-0.1, -0.05) is 45.0 Å². The number of aliphatic hydroxyl groups is 1. The molecule has 0 spiro atoms. The third kappa shape index (κ3) is 7.98. The SMILES string of the molecule is CCNC(=NCCO)NCCc1ccc(C(C)(C)C)cc1.I. The average Bonchev–Trinajstić information content (AvgIpc) is 2.44. The Morgan fingerprint density at radius 2 is 1.77 bits per heavy atom. The minimum absolute atomic E-state index is 0. The topological polar surface area (TPSA) is 56.7 Å². The molecule has 0 saturated carbocycles. The Hall–Kier alpha value is -0.820. The van der Waals surface area contributed by atoms with Gasteiger partial charge in [0.1, 0.15) is 0 Å². The smallest absolute Gasteiger partial charge is 0.191 e. The molecule has 0 aliphatic carbocycles. The molecule has 0 saturated heterocycles. The number of hydrogen-bond donors (Lipinski definition) is 3. The molecule has 0 bridgehead atoms. The first-order valence-electron chi connectivity index (χ1n) is 7.70. The van der Waals surface area contributed by atoms with Crippen LogP contribution in [0.3, 0.4) is 0 Å². The summed E-state index contributed by atoms with van der Waals surface area (Å²) < 4.78 is 0. The Balaban J connectivity index is 0.00000441. The first-order chi connectivity index (χ1) is 9.97. The van der Waals surface area contributed by atoms with E-state index < -0.39 is 0 Å². The van der Waals surface area contributed by atoms with Crippen molar-refractivity contribution in [1.29, 1.82) is 0 Å². The lowest BCUT2D eigenvalue weighted by atomic mass is 9.86. The number of nitrogens with one attached hydrogen (secondary N) is 2. The highest BCUT2D eigenvalue weighted by Gasteiger charge is 2.12. The van der Waals surface area contributed by atoms with Gasteiger partial charge in [-0.15, -0.1) is 24.0 Å². The Labute approximate surface area is 151 Å². The number of nitrogens with zero attached hydrogens (tertiary/aromatic N) is 1. The van der Waals surface area contributed by atoms with Gasteiger partial charge in [-0.05, 0) is 29.9 Å². The van der Waals surface area contributed by atoms with Gasteiger partial charge in [0.2, 0.25) is 0 Å². The van der Waals surface area contributed by atoms with Crippen molar-refractivity contribution < 1.29 is 5.11 Å². The molecule has 0 radical (unpaired) electrons. The molecule has 0 aliphatic heterocycles. The largest absolute Gasteiger partial charge is 0.394 e. The van der Waals surface area contributed by atoms with Crippen molar-refractivity contribution >= 4 is 29.9 Å². The first-order valence-corrected chi connectivity index (χ1v) is 7.70. The van der Waals surface area contributed by atoms with Gasteiger partial charge in [0.25, 0.3) is 0 Å². The van der Waals surface area contributed by atoms with Crippen LogP contribution >= 0.6 is 24.0 Å². The number of aliphatic hydroxyl groups excluding tert-OH is 1. The Bertz CT molecular complexity index is 438. The van der Waals surface area contributed by atoms with E-state index >= 15 is 0 Å². The Morgan fingerprint density at radius 1 is 1.14 bits per heavy atom. The van der Waals surface area contributed by atoms with Gasteiger partial charge in [-0.2, -0.15) is 0 Å². The molecular formula is C17H30IN3O. The van der Waals surface area contributed by atoms with Crippen LogP contribution in [0.1, 0.15) is 38.8 Å². The second-order valence-corrected chi connectivity index (χ2v) is 6.11. The summed E-state index contributed by atoms with van der Waals surface area (Å²) in [6.07, 6.45) is 0.952. The second kappa shape index (κ2) is 10.8. The predicted octanol–water partition coefficient (Wildman–Crippen LogP) is 2.69. The summed E-state index contributed by atoms with van der Waals surface area (Å²) in [6.45, 7) is 10.9. The van der Waals surface area contributed by atoms with Crippen molar-refractivity contribution in [2.45, 2.75) is 39.5 Å². The predicted molar refractivity (Wildman–Crippen MR) is 105 cm³/mol. The quantitative estimate of drug-likeness (QED) is 0.378. The summed E-state index contributed by atoms with van der Waals surface area (Å²) >= 11 is 0. The molecular weight excluding hydrogens is 389 g/mol. The summed E-state index contributed by atoms with van der Waals surface area (Å²) in [5.41, 5.74) is 2.87. The van der Waals surface area contributed by atoms with Gasteiger partial charge in [-0.3, -0.25) is 4.99 Å². The van der Waals surface area contributed by atoms with Crippen LogP contribution < -0.4 is 10.6 Å². The van der Waals surface area contributed by atoms with Crippen molar-refractivity contribution in [2.24, 2.45) is 4.99 Å². The molecule has 1 rings (SSSR count). The summed E-state index contributed by atoms with van der Waals surface area (Å²) in [4.78, 5) is 4.25. The van der Waals surface area contributed by atoms with E-state index in [1.807, 2.05) is 6.92 Å². The number of guanidine groups is 1. The van der Waals surface area contributed by atoms with Crippen LogP contribution in [0.15, 0.2) is 29.3 Å². The van der Waals surface area contributed by atoms with E-state index in [2.05, 4.69) is 60.7 Å². The summed E-state index contributed by atoms with van der Waals surface area (Å²) in [5.74, 6) is 0.762. The van der Waals surface area contributed by atoms with Crippen molar-refractivity contribution in [3.63, 3.8) is 0 Å². The molecule has 3 N–H and O–H groups in total. The van der Waals surface area contributed by atoms with Crippen LogP contribution in [-0.4, -0.2) is 37.3 Å². The molecule has 0 heterocycles. The van der Waals surface area contributed by atoms with Gasteiger partial charge in [0, 0.05) is 13.1 Å². The van der Waals surface area contributed by atoms with E-state index in [-0.39, 0.29) is 36.0 Å². The maximum Gasteiger partial charge on any atom is 0.191 e. The maximum absolute atomic E-state index is 8.82. The normalized spacial score (nSPS) is 11.8. The lowest BCUT2D eigenvalue weighted by Gasteiger charge is -2.19. The third-order valence-electron chi connectivity index (χ3n) is 3.24. The number of benzene rings is 1. The zero-order valence-electron chi connectivity index (χ0n) is 14.1. The van der Waals surface area contributed by atoms with E-state index in [1.54, 1.807) is 0 Å². The Kier molecular flexibility index (Phi) is 10.4. The number of rotatable bonds is 6. The van der Waals surface area contributed by atoms with Gasteiger partial charge >= 0.3 is 0 Å². The van der Waals surface area contributed by atoms with Crippen molar-refractivity contribution in [3.8, 4) is 0 Å². The lowest BCUT2D eigenvalue weighted by molar-refractivity contribution is 0.306. The van der Waals surface area contributed by atoms with Gasteiger partial charge in [0.05, 0.1) is 13.2 Å². The maximum atomic E-state index is 8.82. The number of halogens is 1.